The molecule has 1 aromatic rings. The number of carbonyl (C=O) groups is 2. The molecular weight excluding hydrogens is 358 g/mol. The standard InChI is InChI=1S/C20H27N5O3/c1-2-3-11-25(20(27)28)14-17(22-23-21)19(26)24(12-15-9-10-15)13-18(25)16-7-5-4-6-8-16/h4-8,15,17-18H,2-3,9-14H2,1H3/p+1. The maximum Gasteiger partial charge on any atom is 0.514 e. The van der Waals surface area contributed by atoms with Crippen LogP contribution in [0.4, 0.5) is 4.79 Å². The summed E-state index contributed by atoms with van der Waals surface area (Å²) in [6.45, 7) is 3.33. The third-order valence-electron chi connectivity index (χ3n) is 5.93. The average molecular weight is 386 g/mol. The summed E-state index contributed by atoms with van der Waals surface area (Å²) in [5.41, 5.74) is 9.91. The summed E-state index contributed by atoms with van der Waals surface area (Å²) in [6.07, 6.45) is 2.76. The third kappa shape index (κ3) is 4.13. The van der Waals surface area contributed by atoms with Crippen molar-refractivity contribution in [3.63, 3.8) is 0 Å². The molecule has 150 valence electrons. The molecule has 1 heterocycles. The monoisotopic (exact) mass is 386 g/mol. The first kappa shape index (κ1) is 20.2. The molecule has 3 atom stereocenters. The van der Waals surface area contributed by atoms with E-state index in [1.807, 2.05) is 37.3 Å². The Balaban J connectivity index is 2.09. The predicted octanol–water partition coefficient (Wildman–Crippen LogP) is 3.95. The molecule has 0 radical (unpaired) electrons. The molecule has 8 nitrogen and oxygen atoms in total. The first-order valence-electron chi connectivity index (χ1n) is 10.00. The highest BCUT2D eigenvalue weighted by atomic mass is 16.4. The summed E-state index contributed by atoms with van der Waals surface area (Å²) in [7, 11) is 0. The lowest BCUT2D eigenvalue weighted by Gasteiger charge is -2.39. The molecule has 2 amide bonds. The molecular formula is C20H28N5O3+. The number of azide groups is 1. The maximum absolute atomic E-state index is 13.1. The number of hydrogen-bond donors (Lipinski definition) is 1. The maximum atomic E-state index is 13.1. The van der Waals surface area contributed by atoms with Gasteiger partial charge in [0.05, 0.1) is 13.1 Å². The minimum atomic E-state index is -0.995. The highest BCUT2D eigenvalue weighted by Crippen LogP contribution is 2.37. The van der Waals surface area contributed by atoms with E-state index in [2.05, 4.69) is 10.0 Å². The lowest BCUT2D eigenvalue weighted by atomic mass is 10.0. The minimum absolute atomic E-state index is 0.0149. The Morgan fingerprint density at radius 1 is 1.36 bits per heavy atom. The number of rotatable bonds is 7. The Bertz CT molecular complexity index is 760. The topological polar surface area (TPSA) is 106 Å². The molecule has 3 unspecified atom stereocenters. The molecule has 1 N–H and O–H groups in total. The Morgan fingerprint density at radius 3 is 2.64 bits per heavy atom. The van der Waals surface area contributed by atoms with Gasteiger partial charge in [-0.1, -0.05) is 48.8 Å². The molecule has 0 aromatic heterocycles. The molecule has 2 fully saturated rings. The number of nitrogens with zero attached hydrogens (tertiary/aromatic N) is 5. The SMILES string of the molecule is CCCC[N+]1(C(=O)O)CC(N=[N+]=[N-])C(=O)N(CC2CC2)CC1c1ccccc1. The van der Waals surface area contributed by atoms with Crippen LogP contribution in [-0.4, -0.2) is 58.7 Å². The van der Waals surface area contributed by atoms with E-state index >= 15 is 0 Å². The van der Waals surface area contributed by atoms with Crippen LogP contribution in [0.5, 0.6) is 0 Å². The van der Waals surface area contributed by atoms with Crippen LogP contribution >= 0.6 is 0 Å². The number of quaternary nitrogens is 1. The minimum Gasteiger partial charge on any atom is -0.435 e. The normalized spacial score (nSPS) is 27.8. The summed E-state index contributed by atoms with van der Waals surface area (Å²) < 4.78 is -0.283. The first-order valence-corrected chi connectivity index (χ1v) is 10.00. The smallest absolute Gasteiger partial charge is 0.435 e. The van der Waals surface area contributed by atoms with Gasteiger partial charge in [-0.05, 0) is 30.7 Å². The Kier molecular flexibility index (Phi) is 6.21. The zero-order chi connectivity index (χ0) is 20.1. The lowest BCUT2D eigenvalue weighted by molar-refractivity contribution is -0.887. The molecule has 1 aromatic carbocycles. The number of amides is 2. The fourth-order valence-corrected chi connectivity index (χ4v) is 4.16. The van der Waals surface area contributed by atoms with Crippen molar-refractivity contribution in [1.82, 2.24) is 4.90 Å². The van der Waals surface area contributed by atoms with Gasteiger partial charge in [-0.2, -0.15) is 4.79 Å². The Hall–Kier alpha value is -2.57. The van der Waals surface area contributed by atoms with Gasteiger partial charge in [0.1, 0.15) is 12.6 Å². The summed E-state index contributed by atoms with van der Waals surface area (Å²) in [5.74, 6) is 0.218. The zero-order valence-electron chi connectivity index (χ0n) is 16.3. The van der Waals surface area contributed by atoms with Crippen molar-refractivity contribution in [2.24, 2.45) is 11.0 Å². The van der Waals surface area contributed by atoms with Crippen molar-refractivity contribution in [2.75, 3.05) is 26.2 Å². The summed E-state index contributed by atoms with van der Waals surface area (Å²) in [6, 6.07) is 8.17. The summed E-state index contributed by atoms with van der Waals surface area (Å²) >= 11 is 0. The van der Waals surface area contributed by atoms with Gasteiger partial charge in [0, 0.05) is 17.0 Å². The number of unbranched alkanes of at least 4 members (excludes halogenated alkanes) is 1. The van der Waals surface area contributed by atoms with E-state index in [0.29, 0.717) is 25.6 Å². The largest absolute Gasteiger partial charge is 0.514 e. The van der Waals surface area contributed by atoms with Gasteiger partial charge in [0.25, 0.3) is 0 Å². The molecule has 0 bridgehead atoms. The molecule has 1 aliphatic carbocycles. The molecule has 2 aliphatic rings. The van der Waals surface area contributed by atoms with Crippen molar-refractivity contribution in [3.05, 3.63) is 46.3 Å². The molecule has 1 aliphatic heterocycles. The second-order valence-electron chi connectivity index (χ2n) is 7.91. The van der Waals surface area contributed by atoms with Crippen LogP contribution < -0.4 is 0 Å². The van der Waals surface area contributed by atoms with Crippen LogP contribution in [0, 0.1) is 5.92 Å². The molecule has 8 heteroatoms. The molecule has 1 saturated heterocycles. The fraction of sp³-hybridized carbons (Fsp3) is 0.600. The second kappa shape index (κ2) is 8.63. The number of hydrogen-bond acceptors (Lipinski definition) is 3. The van der Waals surface area contributed by atoms with Gasteiger partial charge in [0.2, 0.25) is 5.91 Å². The van der Waals surface area contributed by atoms with E-state index in [4.69, 9.17) is 5.53 Å². The Morgan fingerprint density at radius 2 is 2.07 bits per heavy atom. The van der Waals surface area contributed by atoms with Crippen molar-refractivity contribution in [2.45, 2.75) is 44.7 Å². The summed E-state index contributed by atoms with van der Waals surface area (Å²) in [4.78, 5) is 30.3. The van der Waals surface area contributed by atoms with Crippen molar-refractivity contribution in [3.8, 4) is 0 Å². The van der Waals surface area contributed by atoms with Gasteiger partial charge in [0.15, 0.2) is 6.04 Å². The van der Waals surface area contributed by atoms with E-state index in [1.165, 1.54) is 0 Å². The quantitative estimate of drug-likeness (QED) is 0.332. The van der Waals surface area contributed by atoms with Crippen LogP contribution in [0.2, 0.25) is 0 Å². The highest BCUT2D eigenvalue weighted by molar-refractivity contribution is 5.83. The number of carboxylic acid groups (broad SMARTS) is 1. The van der Waals surface area contributed by atoms with Gasteiger partial charge in [-0.15, -0.1) is 0 Å². The molecule has 0 spiro atoms. The van der Waals surface area contributed by atoms with Gasteiger partial charge in [-0.3, -0.25) is 4.79 Å². The van der Waals surface area contributed by atoms with Gasteiger partial charge < -0.3 is 10.0 Å². The van der Waals surface area contributed by atoms with Crippen LogP contribution in [0.3, 0.4) is 0 Å². The van der Waals surface area contributed by atoms with Crippen LogP contribution in [-0.2, 0) is 4.79 Å². The van der Waals surface area contributed by atoms with E-state index in [1.54, 1.807) is 4.90 Å². The van der Waals surface area contributed by atoms with E-state index in [-0.39, 0.29) is 16.9 Å². The third-order valence-corrected chi connectivity index (χ3v) is 5.93. The van der Waals surface area contributed by atoms with Crippen LogP contribution in [0.15, 0.2) is 35.4 Å². The Labute approximate surface area is 165 Å². The predicted molar refractivity (Wildman–Crippen MR) is 104 cm³/mol. The molecule has 3 rings (SSSR count). The van der Waals surface area contributed by atoms with Crippen molar-refractivity contribution in [1.29, 1.82) is 0 Å². The van der Waals surface area contributed by atoms with Crippen LogP contribution in [0.1, 0.15) is 44.2 Å². The lowest BCUT2D eigenvalue weighted by Crippen LogP contribution is -2.58. The molecule has 28 heavy (non-hydrogen) atoms. The number of benzene rings is 1. The average Bonchev–Trinajstić information content (AvgIpc) is 3.52. The van der Waals surface area contributed by atoms with E-state index in [0.717, 1.165) is 31.2 Å². The summed E-state index contributed by atoms with van der Waals surface area (Å²) in [5, 5.41) is 14.1. The van der Waals surface area contributed by atoms with E-state index < -0.39 is 18.2 Å². The first-order chi connectivity index (χ1) is 13.5. The number of carbonyl (C=O) groups excluding carboxylic acids is 1. The molecule has 1 saturated carbocycles. The van der Waals surface area contributed by atoms with Crippen LogP contribution in [0.25, 0.3) is 10.4 Å². The van der Waals surface area contributed by atoms with Crippen molar-refractivity contribution >= 4 is 12.0 Å². The van der Waals surface area contributed by atoms with Gasteiger partial charge in [-0.25, -0.2) is 4.48 Å². The highest BCUT2D eigenvalue weighted by Gasteiger charge is 2.52. The zero-order valence-corrected chi connectivity index (χ0v) is 16.3. The fourth-order valence-electron chi connectivity index (χ4n) is 4.16. The van der Waals surface area contributed by atoms with Gasteiger partial charge >= 0.3 is 6.09 Å². The van der Waals surface area contributed by atoms with Crippen molar-refractivity contribution < 1.29 is 19.2 Å². The van der Waals surface area contributed by atoms with E-state index in [9.17, 15) is 14.7 Å². The second-order valence-corrected chi connectivity index (χ2v) is 7.91.